The maximum Gasteiger partial charge on any atom is 0.227 e. The zero-order chi connectivity index (χ0) is 14.7. The van der Waals surface area contributed by atoms with Gasteiger partial charge in [-0.05, 0) is 24.5 Å². The average Bonchev–Trinajstić information content (AvgIpc) is 2.75. The van der Waals surface area contributed by atoms with E-state index in [1.165, 1.54) is 12.8 Å². The number of likely N-dealkylation sites (tertiary alicyclic amines) is 1. The van der Waals surface area contributed by atoms with Crippen LogP contribution in [0.4, 0.5) is 0 Å². The molecule has 0 saturated carbocycles. The third kappa shape index (κ3) is 2.89. The van der Waals surface area contributed by atoms with Crippen molar-refractivity contribution in [2.45, 2.75) is 32.1 Å². The Kier molecular flexibility index (Phi) is 4.13. The Morgan fingerprint density at radius 1 is 1.24 bits per heavy atom. The highest BCUT2D eigenvalue weighted by Gasteiger charge is 2.18. The van der Waals surface area contributed by atoms with E-state index in [9.17, 15) is 4.79 Å². The molecule has 1 saturated heterocycles. The van der Waals surface area contributed by atoms with Crippen molar-refractivity contribution in [1.82, 2.24) is 9.88 Å². The first-order valence-corrected chi connectivity index (χ1v) is 7.70. The zero-order valence-electron chi connectivity index (χ0n) is 12.5. The predicted octanol–water partition coefficient (Wildman–Crippen LogP) is 3.12. The van der Waals surface area contributed by atoms with Gasteiger partial charge in [0, 0.05) is 24.7 Å². The molecule has 1 N–H and O–H groups in total. The standard InChI is InChI=1S/C17H22N2O2/c1-21-15-8-6-7-14-13(12-18-17(14)15)11-16(20)19-9-4-2-3-5-10-19/h6-8,12,18H,2-5,9-11H2,1H3. The molecule has 0 spiro atoms. The Morgan fingerprint density at radius 2 is 2.00 bits per heavy atom. The molecule has 1 fully saturated rings. The highest BCUT2D eigenvalue weighted by molar-refractivity contribution is 5.92. The molecule has 0 atom stereocenters. The third-order valence-electron chi connectivity index (χ3n) is 4.28. The number of fused-ring (bicyclic) bond motifs is 1. The van der Waals surface area contributed by atoms with Crippen LogP contribution in [0.25, 0.3) is 10.9 Å². The summed E-state index contributed by atoms with van der Waals surface area (Å²) in [6.45, 7) is 1.81. The Bertz CT molecular complexity index is 625. The van der Waals surface area contributed by atoms with Crippen molar-refractivity contribution in [1.29, 1.82) is 0 Å². The normalized spacial score (nSPS) is 16.0. The summed E-state index contributed by atoms with van der Waals surface area (Å²) in [7, 11) is 1.66. The number of nitrogens with one attached hydrogen (secondary N) is 1. The van der Waals surface area contributed by atoms with E-state index >= 15 is 0 Å². The van der Waals surface area contributed by atoms with Gasteiger partial charge in [0.05, 0.1) is 19.0 Å². The van der Waals surface area contributed by atoms with Crippen molar-refractivity contribution in [2.24, 2.45) is 0 Å². The third-order valence-corrected chi connectivity index (χ3v) is 4.28. The van der Waals surface area contributed by atoms with Crippen molar-refractivity contribution in [3.05, 3.63) is 30.0 Å². The molecule has 21 heavy (non-hydrogen) atoms. The van der Waals surface area contributed by atoms with Gasteiger partial charge in [-0.3, -0.25) is 4.79 Å². The maximum absolute atomic E-state index is 12.5. The van der Waals surface area contributed by atoms with Gasteiger partial charge >= 0.3 is 0 Å². The second kappa shape index (κ2) is 6.20. The first-order chi connectivity index (χ1) is 10.3. The van der Waals surface area contributed by atoms with Gasteiger partial charge < -0.3 is 14.6 Å². The minimum Gasteiger partial charge on any atom is -0.495 e. The number of amides is 1. The first-order valence-electron chi connectivity index (χ1n) is 7.70. The molecule has 2 aromatic rings. The van der Waals surface area contributed by atoms with Crippen LogP contribution in [0.3, 0.4) is 0 Å². The Hall–Kier alpha value is -1.97. The number of aromatic amines is 1. The fourth-order valence-electron chi connectivity index (χ4n) is 3.10. The summed E-state index contributed by atoms with van der Waals surface area (Å²) in [4.78, 5) is 17.7. The number of methoxy groups -OCH3 is 1. The van der Waals surface area contributed by atoms with Crippen molar-refractivity contribution in [2.75, 3.05) is 20.2 Å². The SMILES string of the molecule is COc1cccc2c(CC(=O)N3CCCCCC3)c[nH]c12. The second-order valence-corrected chi connectivity index (χ2v) is 5.67. The minimum absolute atomic E-state index is 0.237. The first kappa shape index (κ1) is 14.0. The van der Waals surface area contributed by atoms with Gasteiger partial charge in [-0.2, -0.15) is 0 Å². The van der Waals surface area contributed by atoms with E-state index in [1.807, 2.05) is 29.3 Å². The number of aromatic nitrogens is 1. The molecule has 1 aliphatic rings. The summed E-state index contributed by atoms with van der Waals surface area (Å²) >= 11 is 0. The number of hydrogen-bond acceptors (Lipinski definition) is 2. The largest absolute Gasteiger partial charge is 0.495 e. The molecule has 0 aliphatic carbocycles. The smallest absolute Gasteiger partial charge is 0.227 e. The molecular formula is C17H22N2O2. The van der Waals surface area contributed by atoms with E-state index in [2.05, 4.69) is 4.98 Å². The van der Waals surface area contributed by atoms with E-state index in [0.29, 0.717) is 6.42 Å². The Labute approximate surface area is 125 Å². The number of ether oxygens (including phenoxy) is 1. The van der Waals surface area contributed by atoms with Crippen LogP contribution in [-0.4, -0.2) is 36.0 Å². The van der Waals surface area contributed by atoms with Gasteiger partial charge in [-0.15, -0.1) is 0 Å². The van der Waals surface area contributed by atoms with Crippen molar-refractivity contribution >= 4 is 16.8 Å². The number of carbonyl (C=O) groups is 1. The lowest BCUT2D eigenvalue weighted by Gasteiger charge is -2.20. The molecular weight excluding hydrogens is 264 g/mol. The van der Waals surface area contributed by atoms with Crippen LogP contribution >= 0.6 is 0 Å². The van der Waals surface area contributed by atoms with Gasteiger partial charge in [-0.1, -0.05) is 25.0 Å². The molecule has 2 heterocycles. The molecule has 0 bridgehead atoms. The molecule has 0 radical (unpaired) electrons. The number of benzene rings is 1. The number of hydrogen-bond donors (Lipinski definition) is 1. The number of para-hydroxylation sites is 1. The quantitative estimate of drug-likeness (QED) is 0.942. The fraction of sp³-hybridized carbons (Fsp3) is 0.471. The van der Waals surface area contributed by atoms with Crippen molar-refractivity contribution in [3.63, 3.8) is 0 Å². The molecule has 1 aliphatic heterocycles. The average molecular weight is 286 g/mol. The molecule has 112 valence electrons. The van der Waals surface area contributed by atoms with Crippen LogP contribution < -0.4 is 4.74 Å². The Morgan fingerprint density at radius 3 is 2.71 bits per heavy atom. The number of rotatable bonds is 3. The lowest BCUT2D eigenvalue weighted by molar-refractivity contribution is -0.130. The highest BCUT2D eigenvalue weighted by Crippen LogP contribution is 2.27. The summed E-state index contributed by atoms with van der Waals surface area (Å²) in [6.07, 6.45) is 7.15. The van der Waals surface area contributed by atoms with Crippen LogP contribution in [0.5, 0.6) is 5.75 Å². The number of H-pyrrole nitrogens is 1. The fourth-order valence-corrected chi connectivity index (χ4v) is 3.10. The van der Waals surface area contributed by atoms with Crippen LogP contribution in [0.15, 0.2) is 24.4 Å². The number of carbonyl (C=O) groups excluding carboxylic acids is 1. The van der Waals surface area contributed by atoms with Crippen LogP contribution in [-0.2, 0) is 11.2 Å². The van der Waals surface area contributed by atoms with E-state index < -0.39 is 0 Å². The van der Waals surface area contributed by atoms with Crippen LogP contribution in [0.2, 0.25) is 0 Å². The summed E-state index contributed by atoms with van der Waals surface area (Å²) in [6, 6.07) is 5.94. The highest BCUT2D eigenvalue weighted by atomic mass is 16.5. The van der Waals surface area contributed by atoms with Crippen LogP contribution in [0.1, 0.15) is 31.2 Å². The van der Waals surface area contributed by atoms with Gasteiger partial charge in [0.1, 0.15) is 5.75 Å². The molecule has 1 aromatic carbocycles. The maximum atomic E-state index is 12.5. The monoisotopic (exact) mass is 286 g/mol. The number of nitrogens with zero attached hydrogens (tertiary/aromatic N) is 1. The van der Waals surface area contributed by atoms with E-state index in [4.69, 9.17) is 4.74 Å². The lowest BCUT2D eigenvalue weighted by Crippen LogP contribution is -2.33. The lowest BCUT2D eigenvalue weighted by atomic mass is 10.1. The van der Waals surface area contributed by atoms with Crippen LogP contribution in [0, 0.1) is 0 Å². The summed E-state index contributed by atoms with van der Waals surface area (Å²) in [5, 5.41) is 1.08. The summed E-state index contributed by atoms with van der Waals surface area (Å²) < 4.78 is 5.35. The van der Waals surface area contributed by atoms with Crippen molar-refractivity contribution < 1.29 is 9.53 Å². The zero-order valence-corrected chi connectivity index (χ0v) is 12.5. The van der Waals surface area contributed by atoms with E-state index in [-0.39, 0.29) is 5.91 Å². The molecule has 3 rings (SSSR count). The minimum atomic E-state index is 0.237. The van der Waals surface area contributed by atoms with E-state index in [1.54, 1.807) is 7.11 Å². The molecule has 4 heteroatoms. The molecule has 1 amide bonds. The molecule has 0 unspecified atom stereocenters. The summed E-state index contributed by atoms with van der Waals surface area (Å²) in [5.41, 5.74) is 2.02. The van der Waals surface area contributed by atoms with Gasteiger partial charge in [0.2, 0.25) is 5.91 Å². The van der Waals surface area contributed by atoms with Gasteiger partial charge in [0.15, 0.2) is 0 Å². The Balaban J connectivity index is 1.79. The van der Waals surface area contributed by atoms with Crippen molar-refractivity contribution in [3.8, 4) is 5.75 Å². The molecule has 1 aromatic heterocycles. The van der Waals surface area contributed by atoms with E-state index in [0.717, 1.165) is 48.1 Å². The summed E-state index contributed by atoms with van der Waals surface area (Å²) in [5.74, 6) is 1.06. The predicted molar refractivity (Wildman–Crippen MR) is 83.6 cm³/mol. The topological polar surface area (TPSA) is 45.3 Å². The van der Waals surface area contributed by atoms with Gasteiger partial charge in [0.25, 0.3) is 0 Å². The van der Waals surface area contributed by atoms with Gasteiger partial charge in [-0.25, -0.2) is 0 Å². The second-order valence-electron chi connectivity index (χ2n) is 5.67. The molecule has 4 nitrogen and oxygen atoms in total.